The first kappa shape index (κ1) is 21.7. The van der Waals surface area contributed by atoms with E-state index in [9.17, 15) is 0 Å². The Kier molecular flexibility index (Phi) is 8.70. The molecule has 158 valence electrons. The van der Waals surface area contributed by atoms with Gasteiger partial charge in [0, 0.05) is 12.6 Å². The quantitative estimate of drug-likeness (QED) is 0.396. The van der Waals surface area contributed by atoms with Crippen LogP contribution in [0.4, 0.5) is 0 Å². The van der Waals surface area contributed by atoms with Gasteiger partial charge in [-0.05, 0) is 37.8 Å². The fourth-order valence-electron chi connectivity index (χ4n) is 4.09. The van der Waals surface area contributed by atoms with Gasteiger partial charge in [-0.15, -0.1) is 0 Å². The molecule has 2 fully saturated rings. The third-order valence-electron chi connectivity index (χ3n) is 5.70. The lowest BCUT2D eigenvalue weighted by Crippen LogP contribution is -2.61. The summed E-state index contributed by atoms with van der Waals surface area (Å²) in [6.45, 7) is 7.44. The topological polar surface area (TPSA) is 69.4 Å². The zero-order valence-corrected chi connectivity index (χ0v) is 17.8. The number of benzene rings is 1. The summed E-state index contributed by atoms with van der Waals surface area (Å²) in [7, 11) is 0. The molecule has 5 N–H and O–H groups in total. The molecule has 0 spiro atoms. The number of unbranched alkanes of at least 4 members (excludes halogenated alkanes) is 4. The highest BCUT2D eigenvalue weighted by Crippen LogP contribution is 2.17. The molecule has 6 heteroatoms. The van der Waals surface area contributed by atoms with E-state index in [0.717, 1.165) is 13.0 Å². The first-order valence-corrected chi connectivity index (χ1v) is 11.2. The van der Waals surface area contributed by atoms with Crippen LogP contribution in [0.15, 0.2) is 24.3 Å². The summed E-state index contributed by atoms with van der Waals surface area (Å²) in [4.78, 5) is 5.36. The Morgan fingerprint density at radius 3 is 2.50 bits per heavy atom. The van der Waals surface area contributed by atoms with Crippen LogP contribution in [0.2, 0.25) is 0 Å². The second kappa shape index (κ2) is 11.2. The summed E-state index contributed by atoms with van der Waals surface area (Å²) < 4.78 is 0. The van der Waals surface area contributed by atoms with E-state index in [1.165, 1.54) is 49.7 Å². The van der Waals surface area contributed by atoms with Gasteiger partial charge < -0.3 is 0 Å². The molecule has 28 heavy (non-hydrogen) atoms. The van der Waals surface area contributed by atoms with Crippen LogP contribution in [-0.4, -0.2) is 24.6 Å². The normalized spacial score (nSPS) is 30.6. The number of hydrogen-bond acceptors (Lipinski definition) is 6. The number of hydrogen-bond donors (Lipinski definition) is 5. The predicted octanol–water partition coefficient (Wildman–Crippen LogP) is 3.23. The lowest BCUT2D eigenvalue weighted by atomic mass is 10.0. The summed E-state index contributed by atoms with van der Waals surface area (Å²) in [6, 6.07) is 9.28. The van der Waals surface area contributed by atoms with Gasteiger partial charge in [-0.1, -0.05) is 63.3 Å². The zero-order valence-electron chi connectivity index (χ0n) is 17.8. The second-order valence-corrected chi connectivity index (χ2v) is 8.38. The Morgan fingerprint density at radius 1 is 1.00 bits per heavy atom. The molecular formula is C22H39N5O. The van der Waals surface area contributed by atoms with Crippen molar-refractivity contribution in [3.05, 3.63) is 35.4 Å². The van der Waals surface area contributed by atoms with Gasteiger partial charge in [-0.3, -0.25) is 26.1 Å². The van der Waals surface area contributed by atoms with Crippen molar-refractivity contribution < 1.29 is 4.84 Å². The van der Waals surface area contributed by atoms with Crippen molar-refractivity contribution in [3.63, 3.8) is 0 Å². The van der Waals surface area contributed by atoms with Crippen LogP contribution in [0.1, 0.15) is 83.0 Å². The van der Waals surface area contributed by atoms with Crippen LogP contribution in [0.3, 0.4) is 0 Å². The molecule has 1 aromatic carbocycles. The van der Waals surface area contributed by atoms with Crippen LogP contribution >= 0.6 is 0 Å². The minimum absolute atomic E-state index is 0.0407. The smallest absolute Gasteiger partial charge is 0.128 e. The monoisotopic (exact) mass is 389 g/mol. The van der Waals surface area contributed by atoms with Gasteiger partial charge >= 0.3 is 0 Å². The van der Waals surface area contributed by atoms with E-state index >= 15 is 0 Å². The molecule has 0 amide bonds. The van der Waals surface area contributed by atoms with Crippen molar-refractivity contribution in [3.8, 4) is 0 Å². The standard InChI is InChI=1S/C22H39N5O/c1-4-5-6-7-8-9-20-24-16(2)14-21(26-20)23-15-18-10-12-19(13-11-18)22-25-17(3)28-27-22/h10-13,16-17,20-27H,4-9,14-15H2,1-3H3. The van der Waals surface area contributed by atoms with E-state index in [1.54, 1.807) is 0 Å². The molecule has 5 unspecified atom stereocenters. The van der Waals surface area contributed by atoms with Crippen molar-refractivity contribution in [2.75, 3.05) is 0 Å². The van der Waals surface area contributed by atoms with E-state index in [4.69, 9.17) is 4.84 Å². The number of nitrogens with one attached hydrogen (secondary N) is 5. The molecule has 5 atom stereocenters. The molecule has 2 aliphatic rings. The van der Waals surface area contributed by atoms with Crippen LogP contribution in [-0.2, 0) is 11.4 Å². The van der Waals surface area contributed by atoms with Crippen LogP contribution in [0.5, 0.6) is 0 Å². The molecule has 0 bridgehead atoms. The van der Waals surface area contributed by atoms with Gasteiger partial charge in [0.1, 0.15) is 12.4 Å². The summed E-state index contributed by atoms with van der Waals surface area (Å²) in [5.41, 5.74) is 5.52. The first-order chi connectivity index (χ1) is 13.6. The van der Waals surface area contributed by atoms with Crippen LogP contribution < -0.4 is 26.7 Å². The van der Waals surface area contributed by atoms with Crippen LogP contribution in [0, 0.1) is 0 Å². The Labute approximate surface area is 170 Å². The molecule has 0 aromatic heterocycles. The summed E-state index contributed by atoms with van der Waals surface area (Å²) in [6.07, 6.45) is 9.91. The van der Waals surface area contributed by atoms with E-state index in [2.05, 4.69) is 64.9 Å². The molecule has 0 radical (unpaired) electrons. The van der Waals surface area contributed by atoms with Gasteiger partial charge in [0.15, 0.2) is 0 Å². The fraction of sp³-hybridized carbons (Fsp3) is 0.727. The molecule has 2 aliphatic heterocycles. The lowest BCUT2D eigenvalue weighted by Gasteiger charge is -2.37. The van der Waals surface area contributed by atoms with Crippen molar-refractivity contribution in [1.82, 2.24) is 26.7 Å². The zero-order chi connectivity index (χ0) is 19.8. The maximum Gasteiger partial charge on any atom is 0.128 e. The van der Waals surface area contributed by atoms with Gasteiger partial charge in [0.25, 0.3) is 0 Å². The average molecular weight is 390 g/mol. The molecule has 0 aliphatic carbocycles. The van der Waals surface area contributed by atoms with Crippen molar-refractivity contribution in [1.29, 1.82) is 0 Å². The molecule has 2 heterocycles. The van der Waals surface area contributed by atoms with E-state index in [-0.39, 0.29) is 12.4 Å². The largest absolute Gasteiger partial charge is 0.299 e. The van der Waals surface area contributed by atoms with Crippen molar-refractivity contribution in [2.45, 2.75) is 103 Å². The Morgan fingerprint density at radius 2 is 1.79 bits per heavy atom. The molecule has 3 rings (SSSR count). The van der Waals surface area contributed by atoms with Gasteiger partial charge in [-0.25, -0.2) is 0 Å². The third-order valence-corrected chi connectivity index (χ3v) is 5.70. The Bertz CT molecular complexity index is 567. The molecular weight excluding hydrogens is 350 g/mol. The van der Waals surface area contributed by atoms with Gasteiger partial charge in [0.05, 0.1) is 12.3 Å². The van der Waals surface area contributed by atoms with E-state index < -0.39 is 0 Å². The SMILES string of the molecule is CCCCCCCC1NC(C)CC(NCc2ccc(C3NOC(C)N3)cc2)N1. The Balaban J connectivity index is 1.40. The molecule has 2 saturated heterocycles. The maximum atomic E-state index is 5.36. The summed E-state index contributed by atoms with van der Waals surface area (Å²) in [5, 5.41) is 14.5. The summed E-state index contributed by atoms with van der Waals surface area (Å²) in [5.74, 6) is 0. The van der Waals surface area contributed by atoms with Crippen molar-refractivity contribution >= 4 is 0 Å². The number of rotatable bonds is 10. The van der Waals surface area contributed by atoms with Crippen molar-refractivity contribution in [2.24, 2.45) is 0 Å². The molecule has 1 aromatic rings. The molecule has 6 nitrogen and oxygen atoms in total. The highest BCUT2D eigenvalue weighted by molar-refractivity contribution is 5.25. The average Bonchev–Trinajstić information content (AvgIpc) is 3.13. The van der Waals surface area contributed by atoms with Crippen LogP contribution in [0.25, 0.3) is 0 Å². The summed E-state index contributed by atoms with van der Waals surface area (Å²) >= 11 is 0. The Hall–Kier alpha value is -1.02. The minimum Gasteiger partial charge on any atom is -0.299 e. The minimum atomic E-state index is 0.0407. The molecule has 0 saturated carbocycles. The highest BCUT2D eigenvalue weighted by Gasteiger charge is 2.24. The van der Waals surface area contributed by atoms with Gasteiger partial charge in [-0.2, -0.15) is 5.48 Å². The van der Waals surface area contributed by atoms with Gasteiger partial charge in [0.2, 0.25) is 0 Å². The fourth-order valence-corrected chi connectivity index (χ4v) is 4.09. The number of hydroxylamine groups is 1. The second-order valence-electron chi connectivity index (χ2n) is 8.38. The third kappa shape index (κ3) is 6.79. The maximum absolute atomic E-state index is 5.36. The lowest BCUT2D eigenvalue weighted by molar-refractivity contribution is 0.0329. The predicted molar refractivity (Wildman–Crippen MR) is 114 cm³/mol. The van der Waals surface area contributed by atoms with E-state index in [1.807, 2.05) is 6.92 Å². The first-order valence-electron chi connectivity index (χ1n) is 11.2. The highest BCUT2D eigenvalue weighted by atomic mass is 16.7. The van der Waals surface area contributed by atoms with E-state index in [0.29, 0.717) is 18.4 Å².